The van der Waals surface area contributed by atoms with E-state index in [1.165, 1.54) is 0 Å². The average Bonchev–Trinajstić information content (AvgIpc) is 2.87. The predicted octanol–water partition coefficient (Wildman–Crippen LogP) is 5.34. The quantitative estimate of drug-likeness (QED) is 0.702. The Hall–Kier alpha value is -2.36. The zero-order valence-corrected chi connectivity index (χ0v) is 18.1. The smallest absolute Gasteiger partial charge is 0.144 e. The summed E-state index contributed by atoms with van der Waals surface area (Å²) in [6.07, 6.45) is 0.696. The summed E-state index contributed by atoms with van der Waals surface area (Å²) in [5, 5.41) is 11.1. The topological polar surface area (TPSA) is 64.7 Å². The normalized spacial score (nSPS) is 19.2. The van der Waals surface area contributed by atoms with Crippen molar-refractivity contribution >= 4 is 5.69 Å². The summed E-state index contributed by atoms with van der Waals surface area (Å²) in [6, 6.07) is 9.39. The molecular weight excluding hydrogens is 350 g/mol. The molecule has 2 aromatic rings. The number of fused-ring (bicyclic) bond motifs is 1. The second-order valence-electron chi connectivity index (χ2n) is 10.2. The molecule has 1 atom stereocenters. The summed E-state index contributed by atoms with van der Waals surface area (Å²) < 4.78 is 12.4. The second kappa shape index (κ2) is 6.61. The number of anilines is 1. The third-order valence-corrected chi connectivity index (χ3v) is 5.26. The van der Waals surface area contributed by atoms with Gasteiger partial charge < -0.3 is 20.3 Å². The molecule has 0 amide bonds. The van der Waals surface area contributed by atoms with Crippen molar-refractivity contribution in [3.05, 3.63) is 47.0 Å². The third kappa shape index (κ3) is 3.91. The lowest BCUT2D eigenvalue weighted by atomic mass is 9.76. The number of benzene rings is 2. The van der Waals surface area contributed by atoms with Crippen LogP contribution in [0.2, 0.25) is 0 Å². The molecule has 4 heteroatoms. The first-order valence-corrected chi connectivity index (χ1v) is 9.87. The first-order valence-electron chi connectivity index (χ1n) is 9.87. The number of phenols is 1. The van der Waals surface area contributed by atoms with Crippen molar-refractivity contribution in [1.82, 2.24) is 0 Å². The fourth-order valence-electron chi connectivity index (χ4n) is 3.89. The van der Waals surface area contributed by atoms with E-state index in [1.54, 1.807) is 0 Å². The van der Waals surface area contributed by atoms with Crippen LogP contribution in [0.5, 0.6) is 17.2 Å². The van der Waals surface area contributed by atoms with Crippen LogP contribution in [0.1, 0.15) is 65.2 Å². The molecule has 152 valence electrons. The van der Waals surface area contributed by atoms with Crippen molar-refractivity contribution < 1.29 is 14.6 Å². The molecular formula is C24H33NO3. The molecule has 1 aliphatic heterocycles. The standard InChI is InChI=1S/C24H33NO3/c1-22(2,3)18-12-19-17(20(21(18)26)23(4,5)6)13-24(7,28-19)14-27-16-10-8-15(25)9-11-16/h8-12,26H,13-14,25H2,1-7H3. The Morgan fingerprint density at radius 1 is 1.07 bits per heavy atom. The van der Waals surface area contributed by atoms with Gasteiger partial charge in [-0.3, -0.25) is 0 Å². The van der Waals surface area contributed by atoms with Gasteiger partial charge in [-0.2, -0.15) is 0 Å². The van der Waals surface area contributed by atoms with Crippen molar-refractivity contribution in [2.75, 3.05) is 12.3 Å². The van der Waals surface area contributed by atoms with Crippen LogP contribution in [0, 0.1) is 0 Å². The number of nitrogens with two attached hydrogens (primary N) is 1. The highest BCUT2D eigenvalue weighted by molar-refractivity contribution is 5.59. The van der Waals surface area contributed by atoms with E-state index in [0.717, 1.165) is 28.2 Å². The number of ether oxygens (including phenoxy) is 2. The van der Waals surface area contributed by atoms with Crippen LogP contribution < -0.4 is 15.2 Å². The maximum Gasteiger partial charge on any atom is 0.144 e. The van der Waals surface area contributed by atoms with E-state index in [2.05, 4.69) is 48.5 Å². The van der Waals surface area contributed by atoms with Gasteiger partial charge in [0.25, 0.3) is 0 Å². The molecule has 0 spiro atoms. The van der Waals surface area contributed by atoms with Gasteiger partial charge in [0, 0.05) is 28.8 Å². The van der Waals surface area contributed by atoms with Crippen molar-refractivity contribution in [3.63, 3.8) is 0 Å². The fourth-order valence-corrected chi connectivity index (χ4v) is 3.89. The Morgan fingerprint density at radius 2 is 1.68 bits per heavy atom. The van der Waals surface area contributed by atoms with Crippen LogP contribution in [0.25, 0.3) is 0 Å². The summed E-state index contributed by atoms with van der Waals surface area (Å²) in [6.45, 7) is 15.2. The highest BCUT2D eigenvalue weighted by Crippen LogP contribution is 2.49. The molecule has 28 heavy (non-hydrogen) atoms. The Bertz CT molecular complexity index is 873. The van der Waals surface area contributed by atoms with E-state index in [-0.39, 0.29) is 10.8 Å². The van der Waals surface area contributed by atoms with Crippen LogP contribution >= 0.6 is 0 Å². The third-order valence-electron chi connectivity index (χ3n) is 5.26. The van der Waals surface area contributed by atoms with E-state index in [0.29, 0.717) is 24.5 Å². The second-order valence-corrected chi connectivity index (χ2v) is 10.2. The van der Waals surface area contributed by atoms with Gasteiger partial charge in [0.1, 0.15) is 29.5 Å². The number of hydrogen-bond acceptors (Lipinski definition) is 4. The lowest BCUT2D eigenvalue weighted by molar-refractivity contribution is 0.0558. The molecule has 0 aliphatic carbocycles. The Balaban J connectivity index is 1.95. The van der Waals surface area contributed by atoms with E-state index in [9.17, 15) is 5.11 Å². The van der Waals surface area contributed by atoms with Gasteiger partial charge in [-0.15, -0.1) is 0 Å². The lowest BCUT2D eigenvalue weighted by Gasteiger charge is -2.29. The Labute approximate surface area is 168 Å². The van der Waals surface area contributed by atoms with E-state index in [1.807, 2.05) is 30.3 Å². The molecule has 0 saturated heterocycles. The van der Waals surface area contributed by atoms with Gasteiger partial charge in [0.15, 0.2) is 0 Å². The van der Waals surface area contributed by atoms with Crippen LogP contribution in [0.3, 0.4) is 0 Å². The lowest BCUT2D eigenvalue weighted by Crippen LogP contribution is -2.37. The van der Waals surface area contributed by atoms with E-state index in [4.69, 9.17) is 15.2 Å². The molecule has 0 radical (unpaired) electrons. The number of nitrogen functional groups attached to an aromatic ring is 1. The summed E-state index contributed by atoms with van der Waals surface area (Å²) in [5.74, 6) is 2.02. The molecule has 0 fully saturated rings. The van der Waals surface area contributed by atoms with Crippen LogP contribution in [0.15, 0.2) is 30.3 Å². The molecule has 0 aromatic heterocycles. The van der Waals surface area contributed by atoms with Crippen molar-refractivity contribution in [3.8, 4) is 17.2 Å². The van der Waals surface area contributed by atoms with Crippen molar-refractivity contribution in [2.24, 2.45) is 0 Å². The van der Waals surface area contributed by atoms with Gasteiger partial charge in [-0.25, -0.2) is 0 Å². The predicted molar refractivity (Wildman–Crippen MR) is 115 cm³/mol. The van der Waals surface area contributed by atoms with E-state index < -0.39 is 5.60 Å². The SMILES string of the molecule is CC1(COc2ccc(N)cc2)Cc2c(cc(C(C)(C)C)c(O)c2C(C)(C)C)O1. The molecule has 3 rings (SSSR count). The minimum atomic E-state index is -0.493. The molecule has 4 nitrogen and oxygen atoms in total. The maximum absolute atomic E-state index is 11.1. The summed E-state index contributed by atoms with van der Waals surface area (Å²) in [4.78, 5) is 0. The molecule has 3 N–H and O–H groups in total. The van der Waals surface area contributed by atoms with Crippen LogP contribution in [-0.4, -0.2) is 17.3 Å². The van der Waals surface area contributed by atoms with E-state index >= 15 is 0 Å². The zero-order chi connectivity index (χ0) is 20.9. The summed E-state index contributed by atoms with van der Waals surface area (Å²) >= 11 is 0. The zero-order valence-electron chi connectivity index (χ0n) is 18.1. The minimum Gasteiger partial charge on any atom is -0.507 e. The average molecular weight is 384 g/mol. The Morgan fingerprint density at radius 3 is 2.21 bits per heavy atom. The van der Waals surface area contributed by atoms with Gasteiger partial charge in [0.05, 0.1) is 0 Å². The van der Waals surface area contributed by atoms with Crippen molar-refractivity contribution in [2.45, 2.75) is 71.3 Å². The van der Waals surface area contributed by atoms with Gasteiger partial charge >= 0.3 is 0 Å². The van der Waals surface area contributed by atoms with Gasteiger partial charge in [0.2, 0.25) is 0 Å². The first-order chi connectivity index (χ1) is 12.8. The van der Waals surface area contributed by atoms with Crippen LogP contribution in [-0.2, 0) is 17.3 Å². The monoisotopic (exact) mass is 383 g/mol. The first kappa shape index (κ1) is 20.4. The molecule has 1 heterocycles. The molecule has 0 saturated carbocycles. The number of phenolic OH excluding ortho intramolecular Hbond substituents is 1. The molecule has 1 aliphatic rings. The summed E-state index contributed by atoms with van der Waals surface area (Å²) in [5.41, 5.74) is 8.57. The van der Waals surface area contributed by atoms with Crippen molar-refractivity contribution in [1.29, 1.82) is 0 Å². The Kier molecular flexibility index (Phi) is 4.81. The fraction of sp³-hybridized carbons (Fsp3) is 0.500. The maximum atomic E-state index is 11.1. The van der Waals surface area contributed by atoms with Crippen LogP contribution in [0.4, 0.5) is 5.69 Å². The van der Waals surface area contributed by atoms with Gasteiger partial charge in [-0.1, -0.05) is 41.5 Å². The number of hydrogen-bond donors (Lipinski definition) is 2. The highest BCUT2D eigenvalue weighted by Gasteiger charge is 2.41. The largest absolute Gasteiger partial charge is 0.507 e. The highest BCUT2D eigenvalue weighted by atomic mass is 16.5. The number of rotatable bonds is 3. The van der Waals surface area contributed by atoms with Gasteiger partial charge in [-0.05, 0) is 48.1 Å². The minimum absolute atomic E-state index is 0.179. The molecule has 1 unspecified atom stereocenters. The molecule has 2 aromatic carbocycles. The molecule has 0 bridgehead atoms. The summed E-state index contributed by atoms with van der Waals surface area (Å²) in [7, 11) is 0. The number of aromatic hydroxyl groups is 1.